The molecule has 2 nitrogen and oxygen atoms in total. The van der Waals surface area contributed by atoms with Crippen molar-refractivity contribution in [2.45, 2.75) is 118 Å². The van der Waals surface area contributed by atoms with Crippen molar-refractivity contribution in [1.29, 1.82) is 0 Å². The van der Waals surface area contributed by atoms with E-state index in [1.54, 1.807) is 0 Å². The summed E-state index contributed by atoms with van der Waals surface area (Å²) in [4.78, 5) is 0. The molecule has 0 fully saturated rings. The highest BCUT2D eigenvalue weighted by atomic mass is 16.5. The quantitative estimate of drug-likeness (QED) is 0.206. The van der Waals surface area contributed by atoms with E-state index in [2.05, 4.69) is 45.9 Å². The molecule has 0 saturated carbocycles. The summed E-state index contributed by atoms with van der Waals surface area (Å²) in [6.45, 7) is 22.4. The molecule has 0 aliphatic rings. The summed E-state index contributed by atoms with van der Waals surface area (Å²) in [5.41, 5.74) is 4.94. The predicted octanol–water partition coefficient (Wildman–Crippen LogP) is 8.96. The monoisotopic (exact) mass is 490 g/mol. The molecule has 4 heteroatoms. The van der Waals surface area contributed by atoms with Crippen molar-refractivity contribution in [3.63, 3.8) is 0 Å². The van der Waals surface area contributed by atoms with Crippen LogP contribution in [0.5, 0.6) is 11.5 Å². The van der Waals surface area contributed by atoms with Crippen molar-refractivity contribution in [3.8, 4) is 11.5 Å². The molecule has 2 aromatic rings. The van der Waals surface area contributed by atoms with Crippen molar-refractivity contribution in [3.05, 3.63) is 58.7 Å². The van der Waals surface area contributed by atoms with Gasteiger partial charge in [-0.25, -0.2) is 0 Å². The van der Waals surface area contributed by atoms with Crippen LogP contribution in [0.4, 0.5) is 0 Å². The molecule has 0 saturated heterocycles. The Balaban J connectivity index is 0.00000291. The van der Waals surface area contributed by atoms with Crippen molar-refractivity contribution >= 4 is 15.7 Å². The molecule has 0 aromatic heterocycles. The topological polar surface area (TPSA) is 18.5 Å². The Morgan fingerprint density at radius 3 is 1.36 bits per heavy atom. The number of aryl methyl sites for hydroxylation is 2. The minimum absolute atomic E-state index is 0.281. The fourth-order valence-corrected chi connectivity index (χ4v) is 4.38. The van der Waals surface area contributed by atoms with Crippen LogP contribution in [0.25, 0.3) is 0 Å². The lowest BCUT2D eigenvalue weighted by Gasteiger charge is -2.31. The van der Waals surface area contributed by atoms with Gasteiger partial charge in [0.25, 0.3) is 0 Å². The Hall–Kier alpha value is -1.83. The number of hydrogen-bond acceptors (Lipinski definition) is 2. The molecule has 4 radical (unpaired) electrons. The van der Waals surface area contributed by atoms with Crippen LogP contribution >= 0.6 is 0 Å². The molecule has 0 bridgehead atoms. The second-order valence-electron chi connectivity index (χ2n) is 9.10. The average molecular weight is 490 g/mol. The van der Waals surface area contributed by atoms with Crippen LogP contribution in [0.15, 0.2) is 36.4 Å². The maximum absolute atomic E-state index is 6.14. The van der Waals surface area contributed by atoms with Gasteiger partial charge in [0.2, 0.25) is 0 Å². The van der Waals surface area contributed by atoms with E-state index in [0.29, 0.717) is 19.6 Å². The SMILES string of the molecule is CC.CC.[B]C([B])(CC)c1ccc(OCCCCOc2ccc(C(CC)(CC)CC)cc2C)c(C)c1. The molecule has 0 aliphatic carbocycles. The standard InChI is InChI=1S/C28H40B2O2.2C2H6/c1-7-27(8-2,9-3)23-13-15-25(21(5)19-23)31-17-11-12-18-32-26-16-14-24(20-22(26)6)28(29,30)10-4;2*1-2/h13-16,19-20H,7-12,17-18H2,1-6H3;2*1-2H3. The van der Waals surface area contributed by atoms with Crippen molar-refractivity contribution in [2.24, 2.45) is 0 Å². The number of hydrogen-bond donors (Lipinski definition) is 0. The highest BCUT2D eigenvalue weighted by Crippen LogP contribution is 2.37. The molecule has 0 spiro atoms. The summed E-state index contributed by atoms with van der Waals surface area (Å²) in [5.74, 6) is 1.88. The zero-order valence-electron chi connectivity index (χ0n) is 25.1. The largest absolute Gasteiger partial charge is 0.493 e. The van der Waals surface area contributed by atoms with Crippen LogP contribution in [0.2, 0.25) is 0 Å². The van der Waals surface area contributed by atoms with Gasteiger partial charge in [0, 0.05) is 0 Å². The van der Waals surface area contributed by atoms with Crippen molar-refractivity contribution < 1.29 is 9.47 Å². The number of rotatable bonds is 13. The molecule has 2 rings (SSSR count). The smallest absolute Gasteiger partial charge is 0.122 e. The Morgan fingerprint density at radius 1 is 0.611 bits per heavy atom. The second kappa shape index (κ2) is 17.6. The first-order chi connectivity index (χ1) is 17.2. The van der Waals surface area contributed by atoms with Gasteiger partial charge in [0.15, 0.2) is 0 Å². The van der Waals surface area contributed by atoms with Crippen molar-refractivity contribution in [1.82, 2.24) is 0 Å². The molecule has 2 aromatic carbocycles. The molecule has 0 unspecified atom stereocenters. The lowest BCUT2D eigenvalue weighted by molar-refractivity contribution is 0.264. The normalized spacial score (nSPS) is 11.1. The summed E-state index contributed by atoms with van der Waals surface area (Å²) >= 11 is 0. The summed E-state index contributed by atoms with van der Waals surface area (Å²) in [6.07, 6.45) is 6.08. The highest BCUT2D eigenvalue weighted by Gasteiger charge is 2.26. The lowest BCUT2D eigenvalue weighted by atomic mass is 9.50. The molecule has 198 valence electrons. The second-order valence-corrected chi connectivity index (χ2v) is 9.10. The van der Waals surface area contributed by atoms with Crippen LogP contribution in [0, 0.1) is 13.8 Å². The molecular formula is C32H52B2O2. The van der Waals surface area contributed by atoms with Crippen molar-refractivity contribution in [2.75, 3.05) is 13.2 Å². The fraction of sp³-hybridized carbons (Fsp3) is 0.625. The first-order valence-electron chi connectivity index (χ1n) is 14.3. The Labute approximate surface area is 226 Å². The Morgan fingerprint density at radius 2 is 1.00 bits per heavy atom. The Kier molecular flexibility index (Phi) is 16.7. The number of ether oxygens (including phenoxy) is 2. The van der Waals surface area contributed by atoms with E-state index in [0.717, 1.165) is 35.5 Å². The lowest BCUT2D eigenvalue weighted by Crippen LogP contribution is -2.25. The Bertz CT molecular complexity index is 849. The van der Waals surface area contributed by atoms with E-state index in [-0.39, 0.29) is 5.41 Å². The maximum Gasteiger partial charge on any atom is 0.122 e. The highest BCUT2D eigenvalue weighted by molar-refractivity contribution is 6.40. The molecule has 0 amide bonds. The molecule has 0 N–H and O–H groups in total. The summed E-state index contributed by atoms with van der Waals surface area (Å²) in [6, 6.07) is 12.7. The minimum atomic E-state index is -0.790. The van der Waals surface area contributed by atoms with Gasteiger partial charge in [0.1, 0.15) is 11.5 Å². The summed E-state index contributed by atoms with van der Waals surface area (Å²) in [7, 11) is 12.3. The van der Waals surface area contributed by atoms with Gasteiger partial charge >= 0.3 is 0 Å². The van der Waals surface area contributed by atoms with Crippen LogP contribution in [-0.2, 0) is 10.6 Å². The zero-order chi connectivity index (χ0) is 27.8. The average Bonchev–Trinajstić information content (AvgIpc) is 2.91. The minimum Gasteiger partial charge on any atom is -0.493 e. The van der Waals surface area contributed by atoms with Gasteiger partial charge in [-0.15, -0.1) is 0 Å². The molecule has 0 aliphatic heterocycles. The fourth-order valence-electron chi connectivity index (χ4n) is 4.38. The summed E-state index contributed by atoms with van der Waals surface area (Å²) in [5, 5.41) is -0.790. The van der Waals surface area contributed by atoms with E-state index in [1.807, 2.05) is 59.7 Å². The van der Waals surface area contributed by atoms with Gasteiger partial charge in [-0.3, -0.25) is 0 Å². The summed E-state index contributed by atoms with van der Waals surface area (Å²) < 4.78 is 12.0. The van der Waals surface area contributed by atoms with Gasteiger partial charge in [-0.05, 0) is 80.2 Å². The van der Waals surface area contributed by atoms with E-state index < -0.39 is 5.21 Å². The third-order valence-corrected chi connectivity index (χ3v) is 7.17. The number of unbranched alkanes of at least 4 members (excludes halogenated alkanes) is 1. The van der Waals surface area contributed by atoms with E-state index >= 15 is 0 Å². The third-order valence-electron chi connectivity index (χ3n) is 7.17. The third kappa shape index (κ3) is 9.56. The number of benzene rings is 2. The predicted molar refractivity (Wildman–Crippen MR) is 161 cm³/mol. The van der Waals surface area contributed by atoms with Crippen LogP contribution in [0.1, 0.15) is 116 Å². The zero-order valence-corrected chi connectivity index (χ0v) is 25.1. The molecule has 0 heterocycles. The van der Waals surface area contributed by atoms with Crippen LogP contribution in [0.3, 0.4) is 0 Å². The van der Waals surface area contributed by atoms with Gasteiger partial charge in [0.05, 0.1) is 28.9 Å². The maximum atomic E-state index is 6.14. The molecule has 0 atom stereocenters. The van der Waals surface area contributed by atoms with Crippen LogP contribution in [-0.4, -0.2) is 28.9 Å². The van der Waals surface area contributed by atoms with Gasteiger partial charge in [-0.1, -0.05) is 96.9 Å². The van der Waals surface area contributed by atoms with E-state index in [1.165, 1.54) is 30.4 Å². The first kappa shape index (κ1) is 34.2. The van der Waals surface area contributed by atoms with Gasteiger partial charge < -0.3 is 9.47 Å². The molecule has 36 heavy (non-hydrogen) atoms. The van der Waals surface area contributed by atoms with Crippen LogP contribution < -0.4 is 9.47 Å². The molecular weight excluding hydrogens is 438 g/mol. The van der Waals surface area contributed by atoms with Gasteiger partial charge in [-0.2, -0.15) is 0 Å². The van der Waals surface area contributed by atoms with E-state index in [9.17, 15) is 0 Å². The first-order valence-corrected chi connectivity index (χ1v) is 14.3. The van der Waals surface area contributed by atoms with E-state index in [4.69, 9.17) is 25.2 Å².